The first kappa shape index (κ1) is 14.5. The third kappa shape index (κ3) is 3.26. The van der Waals surface area contributed by atoms with Crippen molar-refractivity contribution in [3.63, 3.8) is 0 Å². The Morgan fingerprint density at radius 1 is 1.38 bits per heavy atom. The molecule has 1 amide bonds. The third-order valence-electron chi connectivity index (χ3n) is 4.43. The van der Waals surface area contributed by atoms with Crippen LogP contribution in [-0.4, -0.2) is 42.9 Å². The van der Waals surface area contributed by atoms with Crippen LogP contribution >= 0.6 is 0 Å². The average Bonchev–Trinajstić information content (AvgIpc) is 2.53. The fourth-order valence-corrected chi connectivity index (χ4v) is 3.03. The zero-order valence-corrected chi connectivity index (χ0v) is 12.1. The Morgan fingerprint density at radius 3 is 2.95 bits per heavy atom. The first-order valence-electron chi connectivity index (χ1n) is 7.54. The van der Waals surface area contributed by atoms with Crippen LogP contribution in [0.4, 0.5) is 0 Å². The topological polar surface area (TPSA) is 70.6 Å². The molecule has 21 heavy (non-hydrogen) atoms. The lowest BCUT2D eigenvalue weighted by Crippen LogP contribution is -2.49. The Hall–Kier alpha value is -1.43. The van der Waals surface area contributed by atoms with Crippen molar-refractivity contribution in [1.82, 2.24) is 10.6 Å². The highest BCUT2D eigenvalue weighted by molar-refractivity contribution is 5.84. The molecule has 2 heterocycles. The summed E-state index contributed by atoms with van der Waals surface area (Å²) in [5.74, 6) is -0.201. The highest BCUT2D eigenvalue weighted by Crippen LogP contribution is 2.24. The third-order valence-corrected chi connectivity index (χ3v) is 4.43. The minimum atomic E-state index is -0.824. The number of hydrogen-bond donors (Lipinski definition) is 3. The standard InChI is InChI=1S/C16H22N2O3/c19-15(18-11-16(20)5-7-21-8-6-16)14-10-17-9-12-3-1-2-4-13(12)14/h1-4,14,17,20H,5-11H2,(H,18,19). The van der Waals surface area contributed by atoms with Gasteiger partial charge in [0.15, 0.2) is 0 Å². The lowest BCUT2D eigenvalue weighted by molar-refractivity contribution is -0.125. The first-order valence-corrected chi connectivity index (χ1v) is 7.54. The second-order valence-electron chi connectivity index (χ2n) is 5.94. The van der Waals surface area contributed by atoms with Crippen molar-refractivity contribution in [1.29, 1.82) is 0 Å². The van der Waals surface area contributed by atoms with Crippen LogP contribution in [0, 0.1) is 0 Å². The van der Waals surface area contributed by atoms with E-state index in [0.717, 1.165) is 12.1 Å². The van der Waals surface area contributed by atoms with E-state index >= 15 is 0 Å². The number of fused-ring (bicyclic) bond motifs is 1. The van der Waals surface area contributed by atoms with Gasteiger partial charge >= 0.3 is 0 Å². The molecule has 0 spiro atoms. The summed E-state index contributed by atoms with van der Waals surface area (Å²) in [6.07, 6.45) is 1.15. The van der Waals surface area contributed by atoms with Crippen molar-refractivity contribution in [2.24, 2.45) is 0 Å². The summed E-state index contributed by atoms with van der Waals surface area (Å²) < 4.78 is 5.25. The Morgan fingerprint density at radius 2 is 2.14 bits per heavy atom. The summed E-state index contributed by atoms with van der Waals surface area (Å²) in [5.41, 5.74) is 1.44. The molecule has 5 nitrogen and oxygen atoms in total. The van der Waals surface area contributed by atoms with E-state index in [0.29, 0.717) is 39.1 Å². The van der Waals surface area contributed by atoms with Crippen LogP contribution in [0.1, 0.15) is 29.9 Å². The fourth-order valence-electron chi connectivity index (χ4n) is 3.03. The molecule has 114 valence electrons. The molecule has 2 aliphatic heterocycles. The highest BCUT2D eigenvalue weighted by atomic mass is 16.5. The molecular formula is C16H22N2O3. The van der Waals surface area contributed by atoms with Crippen LogP contribution < -0.4 is 10.6 Å². The summed E-state index contributed by atoms with van der Waals surface area (Å²) in [6.45, 7) is 2.86. The van der Waals surface area contributed by atoms with Gasteiger partial charge in [0.05, 0.1) is 11.5 Å². The minimum Gasteiger partial charge on any atom is -0.388 e. The number of carbonyl (C=O) groups is 1. The molecule has 1 aromatic carbocycles. The van der Waals surface area contributed by atoms with E-state index in [4.69, 9.17) is 4.74 Å². The van der Waals surface area contributed by atoms with Gasteiger partial charge in [-0.15, -0.1) is 0 Å². The maximum atomic E-state index is 12.5. The molecule has 0 saturated carbocycles. The number of rotatable bonds is 3. The second-order valence-corrected chi connectivity index (χ2v) is 5.94. The van der Waals surface area contributed by atoms with Gasteiger partial charge in [0, 0.05) is 45.7 Å². The smallest absolute Gasteiger partial charge is 0.228 e. The van der Waals surface area contributed by atoms with Crippen LogP contribution in [-0.2, 0) is 16.1 Å². The summed E-state index contributed by atoms with van der Waals surface area (Å²) >= 11 is 0. The zero-order chi connectivity index (χ0) is 14.7. The summed E-state index contributed by atoms with van der Waals surface area (Å²) in [5, 5.41) is 16.6. The quantitative estimate of drug-likeness (QED) is 0.759. The van der Waals surface area contributed by atoms with E-state index in [1.807, 2.05) is 24.3 Å². The minimum absolute atomic E-state index is 0.0189. The van der Waals surface area contributed by atoms with Crippen LogP contribution in [0.2, 0.25) is 0 Å². The zero-order valence-electron chi connectivity index (χ0n) is 12.1. The molecule has 1 aromatic rings. The lowest BCUT2D eigenvalue weighted by Gasteiger charge is -2.33. The van der Waals surface area contributed by atoms with E-state index in [-0.39, 0.29) is 11.8 Å². The van der Waals surface area contributed by atoms with Crippen molar-refractivity contribution in [2.45, 2.75) is 30.9 Å². The molecule has 5 heteroatoms. The Kier molecular flexibility index (Phi) is 4.24. The normalized spacial score (nSPS) is 24.1. The fraction of sp³-hybridized carbons (Fsp3) is 0.562. The van der Waals surface area contributed by atoms with Gasteiger partial charge in [0.25, 0.3) is 0 Å². The molecule has 1 atom stereocenters. The SMILES string of the molecule is O=C(NCC1(O)CCOCC1)C1CNCc2ccccc21. The molecule has 3 N–H and O–H groups in total. The first-order chi connectivity index (χ1) is 10.2. The van der Waals surface area contributed by atoms with Crippen LogP contribution in [0.5, 0.6) is 0 Å². The average molecular weight is 290 g/mol. The van der Waals surface area contributed by atoms with Gasteiger partial charge in [-0.3, -0.25) is 4.79 Å². The summed E-state index contributed by atoms with van der Waals surface area (Å²) in [7, 11) is 0. The van der Waals surface area contributed by atoms with Gasteiger partial charge in [-0.1, -0.05) is 24.3 Å². The number of hydrogen-bond acceptors (Lipinski definition) is 4. The second kappa shape index (κ2) is 6.13. The monoisotopic (exact) mass is 290 g/mol. The van der Waals surface area contributed by atoms with Gasteiger partial charge in [0.1, 0.15) is 0 Å². The van der Waals surface area contributed by atoms with Gasteiger partial charge in [0.2, 0.25) is 5.91 Å². The van der Waals surface area contributed by atoms with Gasteiger partial charge in [-0.05, 0) is 11.1 Å². The lowest BCUT2D eigenvalue weighted by atomic mass is 9.89. The van der Waals surface area contributed by atoms with Gasteiger partial charge in [-0.2, -0.15) is 0 Å². The van der Waals surface area contributed by atoms with Crippen molar-refractivity contribution >= 4 is 5.91 Å². The van der Waals surface area contributed by atoms with Gasteiger partial charge < -0.3 is 20.5 Å². The molecule has 2 aliphatic rings. The van der Waals surface area contributed by atoms with Crippen molar-refractivity contribution in [2.75, 3.05) is 26.3 Å². The number of ether oxygens (including phenoxy) is 1. The molecule has 1 saturated heterocycles. The largest absolute Gasteiger partial charge is 0.388 e. The molecule has 1 fully saturated rings. The van der Waals surface area contributed by atoms with Crippen molar-refractivity contribution in [3.8, 4) is 0 Å². The van der Waals surface area contributed by atoms with E-state index in [9.17, 15) is 9.90 Å². The van der Waals surface area contributed by atoms with Crippen LogP contribution in [0.3, 0.4) is 0 Å². The Balaban J connectivity index is 1.64. The maximum Gasteiger partial charge on any atom is 0.228 e. The van der Waals surface area contributed by atoms with Gasteiger partial charge in [-0.25, -0.2) is 0 Å². The number of amides is 1. The van der Waals surface area contributed by atoms with Crippen molar-refractivity contribution < 1.29 is 14.6 Å². The van der Waals surface area contributed by atoms with E-state index in [2.05, 4.69) is 10.6 Å². The number of aliphatic hydroxyl groups is 1. The predicted molar refractivity (Wildman–Crippen MR) is 78.9 cm³/mol. The number of nitrogens with one attached hydrogen (secondary N) is 2. The molecule has 0 aliphatic carbocycles. The molecular weight excluding hydrogens is 268 g/mol. The molecule has 0 radical (unpaired) electrons. The molecule has 3 rings (SSSR count). The molecule has 1 unspecified atom stereocenters. The van der Waals surface area contributed by atoms with Crippen molar-refractivity contribution in [3.05, 3.63) is 35.4 Å². The summed E-state index contributed by atoms with van der Waals surface area (Å²) in [6, 6.07) is 8.03. The molecule has 0 aromatic heterocycles. The van der Waals surface area contributed by atoms with E-state index < -0.39 is 5.60 Å². The Labute approximate surface area is 124 Å². The molecule has 0 bridgehead atoms. The number of benzene rings is 1. The summed E-state index contributed by atoms with van der Waals surface area (Å²) in [4.78, 5) is 12.5. The van der Waals surface area contributed by atoms with Crippen LogP contribution in [0.15, 0.2) is 24.3 Å². The van der Waals surface area contributed by atoms with Crippen LogP contribution in [0.25, 0.3) is 0 Å². The number of carbonyl (C=O) groups excluding carboxylic acids is 1. The highest BCUT2D eigenvalue weighted by Gasteiger charge is 2.32. The Bertz CT molecular complexity index is 512. The maximum absolute atomic E-state index is 12.5. The van der Waals surface area contributed by atoms with E-state index in [1.165, 1.54) is 5.56 Å². The van der Waals surface area contributed by atoms with E-state index in [1.54, 1.807) is 0 Å². The predicted octanol–water partition coefficient (Wildman–Crippen LogP) is 0.531.